The van der Waals surface area contributed by atoms with Crippen LogP contribution in [0.15, 0.2) is 36.4 Å². The van der Waals surface area contributed by atoms with Gasteiger partial charge in [0.2, 0.25) is 11.8 Å². The van der Waals surface area contributed by atoms with Crippen molar-refractivity contribution in [1.82, 2.24) is 20.0 Å². The maximum atomic E-state index is 14.1. The molecular formula is C28H28ClFN4O4. The molecule has 1 N–H and O–H groups in total. The highest BCUT2D eigenvalue weighted by molar-refractivity contribution is 6.30. The van der Waals surface area contributed by atoms with E-state index in [1.54, 1.807) is 18.2 Å². The molecule has 8 nitrogen and oxygen atoms in total. The van der Waals surface area contributed by atoms with Gasteiger partial charge in [-0.2, -0.15) is 5.10 Å². The summed E-state index contributed by atoms with van der Waals surface area (Å²) in [6, 6.07) is 9.94. The molecule has 0 unspecified atom stereocenters. The van der Waals surface area contributed by atoms with Crippen LogP contribution >= 0.6 is 11.6 Å². The minimum Gasteiger partial charge on any atom is -0.350 e. The van der Waals surface area contributed by atoms with E-state index in [0.717, 1.165) is 31.2 Å². The third-order valence-corrected chi connectivity index (χ3v) is 7.27. The summed E-state index contributed by atoms with van der Waals surface area (Å²) in [5.74, 6) is -1.19. The number of hydrogen-bond donors (Lipinski definition) is 1. The number of aromatic nitrogens is 2. The Morgan fingerprint density at radius 2 is 1.89 bits per heavy atom. The summed E-state index contributed by atoms with van der Waals surface area (Å²) in [5, 5.41) is 7.65. The average Bonchev–Trinajstić information content (AvgIpc) is 3.80. The number of halogens is 2. The van der Waals surface area contributed by atoms with Crippen LogP contribution in [-0.2, 0) is 33.9 Å². The predicted molar refractivity (Wildman–Crippen MR) is 139 cm³/mol. The van der Waals surface area contributed by atoms with Gasteiger partial charge in [0.1, 0.15) is 23.8 Å². The fourth-order valence-electron chi connectivity index (χ4n) is 4.58. The van der Waals surface area contributed by atoms with E-state index in [1.807, 2.05) is 6.07 Å². The maximum Gasteiger partial charge on any atom is 0.245 e. The molecule has 198 valence electrons. The first-order valence-corrected chi connectivity index (χ1v) is 13.1. The molecule has 0 saturated heterocycles. The highest BCUT2D eigenvalue weighted by Crippen LogP contribution is 2.32. The van der Waals surface area contributed by atoms with Crippen LogP contribution < -0.4 is 5.32 Å². The molecule has 1 aromatic heterocycles. The Labute approximate surface area is 224 Å². The van der Waals surface area contributed by atoms with Crippen molar-refractivity contribution in [1.29, 1.82) is 0 Å². The van der Waals surface area contributed by atoms with Crippen molar-refractivity contribution < 1.29 is 23.6 Å². The summed E-state index contributed by atoms with van der Waals surface area (Å²) in [7, 11) is 0. The van der Waals surface area contributed by atoms with Crippen molar-refractivity contribution in [3.05, 3.63) is 64.1 Å². The Morgan fingerprint density at radius 1 is 1.13 bits per heavy atom. The quantitative estimate of drug-likeness (QED) is 0.374. The monoisotopic (exact) mass is 538 g/mol. The van der Waals surface area contributed by atoms with E-state index in [9.17, 15) is 23.6 Å². The molecule has 2 fully saturated rings. The van der Waals surface area contributed by atoms with Gasteiger partial charge in [-0.3, -0.25) is 23.9 Å². The number of hydrogen-bond acceptors (Lipinski definition) is 5. The normalized spacial score (nSPS) is 14.9. The number of rotatable bonds is 11. The van der Waals surface area contributed by atoms with Crippen LogP contribution in [-0.4, -0.2) is 50.6 Å². The van der Waals surface area contributed by atoms with Crippen LogP contribution in [0.25, 0.3) is 10.9 Å². The zero-order valence-corrected chi connectivity index (χ0v) is 21.8. The summed E-state index contributed by atoms with van der Waals surface area (Å²) in [4.78, 5) is 52.0. The lowest BCUT2D eigenvalue weighted by molar-refractivity contribution is -0.137. The van der Waals surface area contributed by atoms with Gasteiger partial charge in [-0.1, -0.05) is 29.8 Å². The zero-order chi connectivity index (χ0) is 27.0. The number of nitrogens with one attached hydrogen (secondary N) is 1. The van der Waals surface area contributed by atoms with Crippen LogP contribution in [0.4, 0.5) is 4.39 Å². The van der Waals surface area contributed by atoms with E-state index in [2.05, 4.69) is 10.4 Å². The van der Waals surface area contributed by atoms with E-state index in [4.69, 9.17) is 11.6 Å². The van der Waals surface area contributed by atoms with Crippen molar-refractivity contribution in [2.75, 3.05) is 6.54 Å². The molecule has 38 heavy (non-hydrogen) atoms. The molecule has 0 atom stereocenters. The third kappa shape index (κ3) is 5.78. The van der Waals surface area contributed by atoms with Gasteiger partial charge in [0.25, 0.3) is 0 Å². The first kappa shape index (κ1) is 26.0. The molecule has 10 heteroatoms. The molecule has 0 aliphatic heterocycles. The summed E-state index contributed by atoms with van der Waals surface area (Å²) in [6.07, 6.45) is 3.77. The molecule has 5 rings (SSSR count). The lowest BCUT2D eigenvalue weighted by atomic mass is 10.0. The largest absolute Gasteiger partial charge is 0.350 e. The smallest absolute Gasteiger partial charge is 0.245 e. The Kier molecular flexibility index (Phi) is 7.29. The highest BCUT2D eigenvalue weighted by atomic mass is 35.5. The van der Waals surface area contributed by atoms with Crippen LogP contribution in [0.5, 0.6) is 0 Å². The van der Waals surface area contributed by atoms with Crippen molar-refractivity contribution in [2.24, 2.45) is 5.92 Å². The summed E-state index contributed by atoms with van der Waals surface area (Å²) in [5.41, 5.74) is 1.93. The van der Waals surface area contributed by atoms with Crippen molar-refractivity contribution in [3.63, 3.8) is 0 Å². The Hall–Kier alpha value is -3.59. The van der Waals surface area contributed by atoms with Crippen LogP contribution in [0.2, 0.25) is 5.02 Å². The number of benzene rings is 2. The van der Waals surface area contributed by atoms with E-state index in [0.29, 0.717) is 17.3 Å². The van der Waals surface area contributed by atoms with E-state index in [-0.39, 0.29) is 65.3 Å². The van der Waals surface area contributed by atoms with Crippen molar-refractivity contribution in [2.45, 2.75) is 58.2 Å². The van der Waals surface area contributed by atoms with E-state index in [1.165, 1.54) is 28.6 Å². The molecule has 0 bridgehead atoms. The van der Waals surface area contributed by atoms with Crippen molar-refractivity contribution in [3.8, 4) is 0 Å². The zero-order valence-electron chi connectivity index (χ0n) is 21.0. The molecule has 2 aromatic carbocycles. The van der Waals surface area contributed by atoms with Crippen LogP contribution in [0, 0.1) is 11.7 Å². The Bertz CT molecular complexity index is 1440. The third-order valence-electron chi connectivity index (χ3n) is 6.97. The lowest BCUT2D eigenvalue weighted by Gasteiger charge is -2.22. The molecule has 2 aliphatic rings. The number of carbonyl (C=O) groups is 4. The second-order valence-electron chi connectivity index (χ2n) is 10.1. The highest BCUT2D eigenvalue weighted by Gasteiger charge is 2.34. The molecule has 0 spiro atoms. The second kappa shape index (κ2) is 10.6. The maximum absolute atomic E-state index is 14.1. The number of fused-ring (bicyclic) bond motifs is 1. The van der Waals surface area contributed by atoms with Gasteiger partial charge in [0, 0.05) is 42.8 Å². The average molecular weight is 539 g/mol. The molecule has 0 radical (unpaired) electrons. The SMILES string of the molecule is CC(=O)c1nn(CC(=O)N(CC(=O)NCc2cccc(Cl)c2F)C2CC2)c2ccc(CC(=O)C3CC3)cc12. The number of Topliss-reactive ketones (excluding diaryl/α,β-unsaturated/α-hetero) is 2. The fraction of sp³-hybridized carbons (Fsp3) is 0.393. The minimum absolute atomic E-state index is 0.0236. The molecular weight excluding hydrogens is 511 g/mol. The molecule has 2 aliphatic carbocycles. The van der Waals surface area contributed by atoms with Gasteiger partial charge < -0.3 is 10.2 Å². The van der Waals surface area contributed by atoms with Gasteiger partial charge in [-0.05, 0) is 49.4 Å². The summed E-state index contributed by atoms with van der Waals surface area (Å²) >= 11 is 5.81. The first-order chi connectivity index (χ1) is 18.2. The minimum atomic E-state index is -0.587. The Morgan fingerprint density at radius 3 is 2.58 bits per heavy atom. The number of ketones is 2. The number of carbonyl (C=O) groups excluding carboxylic acids is 4. The van der Waals surface area contributed by atoms with Gasteiger partial charge in [-0.25, -0.2) is 4.39 Å². The van der Waals surface area contributed by atoms with Gasteiger partial charge in [-0.15, -0.1) is 0 Å². The van der Waals surface area contributed by atoms with E-state index < -0.39 is 11.7 Å². The molecule has 1 heterocycles. The standard InChI is InChI=1S/C28H28ClFN4O4/c1-16(35)28-21-11-17(12-24(36)18-6-7-18)5-10-23(21)34(32-28)15-26(38)33(20-8-9-20)14-25(37)31-13-19-3-2-4-22(29)27(19)30/h2-5,10-11,18,20H,6-9,12-15H2,1H3,(H,31,37). The molecule has 2 amide bonds. The topological polar surface area (TPSA) is 101 Å². The summed E-state index contributed by atoms with van der Waals surface area (Å²) in [6.45, 7) is 1.06. The second-order valence-corrected chi connectivity index (χ2v) is 10.5. The lowest BCUT2D eigenvalue weighted by Crippen LogP contribution is -2.43. The van der Waals surface area contributed by atoms with Crippen molar-refractivity contribution >= 4 is 45.9 Å². The molecule has 2 saturated carbocycles. The number of nitrogens with zero attached hydrogens (tertiary/aromatic N) is 3. The predicted octanol–water partition coefficient (Wildman–Crippen LogP) is 3.86. The first-order valence-electron chi connectivity index (χ1n) is 12.7. The fourth-order valence-corrected chi connectivity index (χ4v) is 4.78. The van der Waals surface area contributed by atoms with Gasteiger partial charge >= 0.3 is 0 Å². The molecule has 3 aromatic rings. The van der Waals surface area contributed by atoms with Crippen LogP contribution in [0.3, 0.4) is 0 Å². The van der Waals surface area contributed by atoms with Crippen LogP contribution in [0.1, 0.15) is 54.2 Å². The Balaban J connectivity index is 1.29. The number of amides is 2. The van der Waals surface area contributed by atoms with Gasteiger partial charge in [0.15, 0.2) is 5.78 Å². The van der Waals surface area contributed by atoms with E-state index >= 15 is 0 Å². The van der Waals surface area contributed by atoms with Gasteiger partial charge in [0.05, 0.1) is 17.1 Å². The summed E-state index contributed by atoms with van der Waals surface area (Å²) < 4.78 is 15.6.